The van der Waals surface area contributed by atoms with Crippen LogP contribution in [0.3, 0.4) is 0 Å². The number of amides is 1. The summed E-state index contributed by atoms with van der Waals surface area (Å²) in [6, 6.07) is 13.8. The Morgan fingerprint density at radius 3 is 2.19 bits per heavy atom. The van der Waals surface area contributed by atoms with Crippen molar-refractivity contribution in [1.29, 1.82) is 0 Å². The lowest BCUT2D eigenvalue weighted by Gasteiger charge is -2.24. The minimum absolute atomic E-state index is 0.0246. The average Bonchev–Trinajstić information content (AvgIpc) is 2.59. The molecule has 0 saturated heterocycles. The van der Waals surface area contributed by atoms with E-state index in [1.165, 1.54) is 0 Å². The van der Waals surface area contributed by atoms with Gasteiger partial charge in [0.05, 0.1) is 6.04 Å². The first kappa shape index (κ1) is 20.3. The minimum Gasteiger partial charge on any atom is -0.481 e. The molecule has 0 bridgehead atoms. The number of aryl methyl sites for hydroxylation is 2. The number of rotatable bonds is 7. The summed E-state index contributed by atoms with van der Waals surface area (Å²) in [5, 5.41) is 3.87. The third-order valence-electron chi connectivity index (χ3n) is 4.32. The second-order valence-electron chi connectivity index (χ2n) is 7.23. The molecule has 4 heteroatoms. The van der Waals surface area contributed by atoms with Crippen LogP contribution in [-0.4, -0.2) is 12.0 Å². The van der Waals surface area contributed by atoms with Gasteiger partial charge in [-0.15, -0.1) is 0 Å². The standard InChI is InChI=1S/C22H28ClNO2/c1-14(2)11-20(18-9-7-6-8-10-18)24-22(25)17(5)26-19-12-15(3)21(23)16(4)13-19/h6-10,12-14,17,20H,11H2,1-5H3,(H,24,25)/t17-,20+/m0/s1. The number of carbonyl (C=O) groups is 1. The molecule has 2 aromatic carbocycles. The number of carbonyl (C=O) groups excluding carboxylic acids is 1. The average molecular weight is 374 g/mol. The van der Waals surface area contributed by atoms with E-state index < -0.39 is 6.10 Å². The van der Waals surface area contributed by atoms with E-state index in [0.717, 1.165) is 28.1 Å². The molecular formula is C22H28ClNO2. The molecule has 0 spiro atoms. The fourth-order valence-corrected chi connectivity index (χ4v) is 3.07. The maximum Gasteiger partial charge on any atom is 0.261 e. The van der Waals surface area contributed by atoms with Gasteiger partial charge < -0.3 is 10.1 Å². The molecule has 0 fully saturated rings. The fourth-order valence-electron chi connectivity index (χ4n) is 2.96. The lowest BCUT2D eigenvalue weighted by molar-refractivity contribution is -0.128. The van der Waals surface area contributed by atoms with E-state index in [9.17, 15) is 4.79 Å². The summed E-state index contributed by atoms with van der Waals surface area (Å²) in [5.74, 6) is 1.01. The Bertz CT molecular complexity index is 720. The number of benzene rings is 2. The number of hydrogen-bond donors (Lipinski definition) is 1. The highest BCUT2D eigenvalue weighted by Crippen LogP contribution is 2.27. The molecule has 140 valence electrons. The van der Waals surface area contributed by atoms with Gasteiger partial charge in [-0.1, -0.05) is 55.8 Å². The molecule has 0 aliphatic rings. The topological polar surface area (TPSA) is 38.3 Å². The van der Waals surface area contributed by atoms with Crippen molar-refractivity contribution in [3.63, 3.8) is 0 Å². The van der Waals surface area contributed by atoms with Crippen LogP contribution in [0.4, 0.5) is 0 Å². The zero-order valence-corrected chi connectivity index (χ0v) is 16.9. The van der Waals surface area contributed by atoms with Crippen molar-refractivity contribution in [2.75, 3.05) is 0 Å². The smallest absolute Gasteiger partial charge is 0.261 e. The molecule has 0 aliphatic heterocycles. The van der Waals surface area contributed by atoms with Gasteiger partial charge in [0.2, 0.25) is 0 Å². The maximum absolute atomic E-state index is 12.7. The van der Waals surface area contributed by atoms with Crippen LogP contribution >= 0.6 is 11.6 Å². The van der Waals surface area contributed by atoms with Gasteiger partial charge in [-0.25, -0.2) is 0 Å². The quantitative estimate of drug-likeness (QED) is 0.683. The van der Waals surface area contributed by atoms with Crippen LogP contribution < -0.4 is 10.1 Å². The van der Waals surface area contributed by atoms with Gasteiger partial charge in [0, 0.05) is 5.02 Å². The van der Waals surface area contributed by atoms with Crippen molar-refractivity contribution in [3.8, 4) is 5.75 Å². The van der Waals surface area contributed by atoms with E-state index in [1.54, 1.807) is 6.92 Å². The Morgan fingerprint density at radius 2 is 1.65 bits per heavy atom. The Labute approximate surface area is 161 Å². The highest BCUT2D eigenvalue weighted by atomic mass is 35.5. The molecule has 0 aliphatic carbocycles. The van der Waals surface area contributed by atoms with Gasteiger partial charge >= 0.3 is 0 Å². The molecule has 0 radical (unpaired) electrons. The molecule has 0 unspecified atom stereocenters. The summed E-state index contributed by atoms with van der Waals surface area (Å²) in [5.41, 5.74) is 2.99. The molecular weight excluding hydrogens is 346 g/mol. The summed E-state index contributed by atoms with van der Waals surface area (Å²) in [7, 11) is 0. The Morgan fingerprint density at radius 1 is 1.08 bits per heavy atom. The summed E-state index contributed by atoms with van der Waals surface area (Å²) >= 11 is 6.20. The van der Waals surface area contributed by atoms with Gasteiger partial charge in [-0.05, 0) is 61.9 Å². The summed E-state index contributed by atoms with van der Waals surface area (Å²) in [4.78, 5) is 12.7. The Kier molecular flexibility index (Phi) is 7.10. The van der Waals surface area contributed by atoms with E-state index >= 15 is 0 Å². The van der Waals surface area contributed by atoms with Crippen molar-refractivity contribution in [1.82, 2.24) is 5.32 Å². The van der Waals surface area contributed by atoms with Crippen LogP contribution in [0, 0.1) is 19.8 Å². The second-order valence-corrected chi connectivity index (χ2v) is 7.61. The van der Waals surface area contributed by atoms with Gasteiger partial charge in [-0.2, -0.15) is 0 Å². The molecule has 26 heavy (non-hydrogen) atoms. The summed E-state index contributed by atoms with van der Waals surface area (Å²) in [6.45, 7) is 9.94. The van der Waals surface area contributed by atoms with Crippen molar-refractivity contribution in [3.05, 3.63) is 64.2 Å². The van der Waals surface area contributed by atoms with Crippen LogP contribution in [0.1, 0.15) is 49.9 Å². The van der Waals surface area contributed by atoms with Gasteiger partial charge in [-0.3, -0.25) is 4.79 Å². The van der Waals surface area contributed by atoms with E-state index in [1.807, 2.05) is 56.3 Å². The van der Waals surface area contributed by atoms with Crippen LogP contribution in [0.25, 0.3) is 0 Å². The normalized spacial score (nSPS) is 13.3. The van der Waals surface area contributed by atoms with E-state index in [0.29, 0.717) is 11.7 Å². The van der Waals surface area contributed by atoms with Crippen molar-refractivity contribution >= 4 is 17.5 Å². The fraction of sp³-hybridized carbons (Fsp3) is 0.409. The molecule has 1 amide bonds. The molecule has 3 nitrogen and oxygen atoms in total. The minimum atomic E-state index is -0.589. The molecule has 0 heterocycles. The van der Waals surface area contributed by atoms with Crippen LogP contribution in [0.5, 0.6) is 5.75 Å². The predicted molar refractivity (Wildman–Crippen MR) is 108 cm³/mol. The number of halogens is 1. The first-order valence-corrected chi connectivity index (χ1v) is 9.44. The molecule has 2 rings (SSSR count). The zero-order valence-electron chi connectivity index (χ0n) is 16.2. The second kappa shape index (κ2) is 9.09. The number of nitrogens with one attached hydrogen (secondary N) is 1. The molecule has 2 atom stereocenters. The summed E-state index contributed by atoms with van der Waals surface area (Å²) < 4.78 is 5.86. The summed E-state index contributed by atoms with van der Waals surface area (Å²) in [6.07, 6.45) is 0.287. The third kappa shape index (κ3) is 5.50. The van der Waals surface area contributed by atoms with E-state index in [4.69, 9.17) is 16.3 Å². The number of ether oxygens (including phenoxy) is 1. The largest absolute Gasteiger partial charge is 0.481 e. The first-order valence-electron chi connectivity index (χ1n) is 9.06. The SMILES string of the molecule is Cc1cc(O[C@@H](C)C(=O)N[C@H](CC(C)C)c2ccccc2)cc(C)c1Cl. The van der Waals surface area contributed by atoms with Gasteiger partial charge in [0.1, 0.15) is 5.75 Å². The molecule has 2 aromatic rings. The Balaban J connectivity index is 2.08. The lowest BCUT2D eigenvalue weighted by atomic mass is 9.97. The van der Waals surface area contributed by atoms with Gasteiger partial charge in [0.25, 0.3) is 5.91 Å². The van der Waals surface area contributed by atoms with E-state index in [2.05, 4.69) is 19.2 Å². The Hall–Kier alpha value is -2.00. The highest BCUT2D eigenvalue weighted by molar-refractivity contribution is 6.32. The highest BCUT2D eigenvalue weighted by Gasteiger charge is 2.21. The van der Waals surface area contributed by atoms with Crippen LogP contribution in [-0.2, 0) is 4.79 Å². The van der Waals surface area contributed by atoms with Crippen molar-refractivity contribution < 1.29 is 9.53 Å². The van der Waals surface area contributed by atoms with Crippen LogP contribution in [0.2, 0.25) is 5.02 Å². The van der Waals surface area contributed by atoms with E-state index in [-0.39, 0.29) is 11.9 Å². The van der Waals surface area contributed by atoms with Crippen molar-refractivity contribution in [2.45, 2.75) is 53.2 Å². The monoisotopic (exact) mass is 373 g/mol. The first-order chi connectivity index (χ1) is 12.3. The zero-order chi connectivity index (χ0) is 19.3. The maximum atomic E-state index is 12.7. The predicted octanol–water partition coefficient (Wildman–Crippen LogP) is 5.63. The third-order valence-corrected chi connectivity index (χ3v) is 4.91. The van der Waals surface area contributed by atoms with Crippen LogP contribution in [0.15, 0.2) is 42.5 Å². The molecule has 1 N–H and O–H groups in total. The lowest BCUT2D eigenvalue weighted by Crippen LogP contribution is -2.39. The van der Waals surface area contributed by atoms with Gasteiger partial charge in [0.15, 0.2) is 6.10 Å². The van der Waals surface area contributed by atoms with Crippen molar-refractivity contribution in [2.24, 2.45) is 5.92 Å². The molecule has 0 saturated carbocycles. The number of hydrogen-bond acceptors (Lipinski definition) is 2. The molecule has 0 aromatic heterocycles.